The van der Waals surface area contributed by atoms with Crippen LogP contribution in [0.15, 0.2) is 54.6 Å². The summed E-state index contributed by atoms with van der Waals surface area (Å²) >= 11 is 0. The topological polar surface area (TPSA) is 0 Å². The van der Waals surface area contributed by atoms with Crippen molar-refractivity contribution in [3.05, 3.63) is 65.8 Å². The van der Waals surface area contributed by atoms with Crippen LogP contribution < -0.4 is 0 Å². The second kappa shape index (κ2) is 9.33. The first-order valence-electron chi connectivity index (χ1n) is 7.04. The zero-order chi connectivity index (χ0) is 14.4. The van der Waals surface area contributed by atoms with Gasteiger partial charge < -0.3 is 0 Å². The third-order valence-corrected chi connectivity index (χ3v) is 5.95. The van der Waals surface area contributed by atoms with Crippen molar-refractivity contribution >= 4 is 14.4 Å². The Hall–Kier alpha value is -0.629. The molecule has 0 radical (unpaired) electrons. The van der Waals surface area contributed by atoms with Gasteiger partial charge in [-0.3, -0.25) is 0 Å². The number of allylic oxidation sites excluding steroid dienone is 5. The molecule has 0 saturated heterocycles. The van der Waals surface area contributed by atoms with Crippen molar-refractivity contribution in [2.45, 2.75) is 39.4 Å². The summed E-state index contributed by atoms with van der Waals surface area (Å²) in [6.45, 7) is 14.9. The Kier molecular flexibility index (Phi) is 9.04. The van der Waals surface area contributed by atoms with Gasteiger partial charge in [0.25, 0.3) is 0 Å². The van der Waals surface area contributed by atoms with Crippen LogP contribution in [0.25, 0.3) is 5.57 Å². The molecule has 1 atom stereocenters. The van der Waals surface area contributed by atoms with Gasteiger partial charge in [0, 0.05) is 30.5 Å². The van der Waals surface area contributed by atoms with Crippen molar-refractivity contribution in [2.24, 2.45) is 0 Å². The summed E-state index contributed by atoms with van der Waals surface area (Å²) in [6, 6.07) is 8.91. The van der Waals surface area contributed by atoms with Gasteiger partial charge in [0.2, 0.25) is 0 Å². The van der Waals surface area contributed by atoms with E-state index >= 15 is 0 Å². The molecule has 0 aromatic heterocycles. The number of fused-ring (bicyclic) bond motifs is 1. The molecular formula is C18H26SiTi. The predicted molar refractivity (Wildman–Crippen MR) is 91.3 cm³/mol. The largest absolute Gasteiger partial charge is 0.0991 e. The smallest absolute Gasteiger partial charge is 0.0439 e. The normalized spacial score (nSPS) is 16.6. The maximum absolute atomic E-state index is 3.46. The average Bonchev–Trinajstić information content (AvgIpc) is 2.64. The summed E-state index contributed by atoms with van der Waals surface area (Å²) in [4.78, 5) is 0. The molecule has 0 heterocycles. The van der Waals surface area contributed by atoms with Gasteiger partial charge in [0.1, 0.15) is 0 Å². The molecule has 0 bridgehead atoms. The first kappa shape index (κ1) is 19.4. The molecule has 106 valence electrons. The van der Waals surface area contributed by atoms with Crippen LogP contribution >= 0.6 is 0 Å². The quantitative estimate of drug-likeness (QED) is 0.509. The van der Waals surface area contributed by atoms with Gasteiger partial charge in [0.05, 0.1) is 0 Å². The molecule has 1 aromatic rings. The maximum Gasteiger partial charge on any atom is 0.0439 e. The molecule has 20 heavy (non-hydrogen) atoms. The summed E-state index contributed by atoms with van der Waals surface area (Å²) in [5, 5.41) is 0. The van der Waals surface area contributed by atoms with Crippen molar-refractivity contribution < 1.29 is 21.7 Å². The van der Waals surface area contributed by atoms with Gasteiger partial charge in [-0.25, -0.2) is 0 Å². The van der Waals surface area contributed by atoms with E-state index in [1.165, 1.54) is 11.1 Å². The predicted octanol–water partition coefficient (Wildman–Crippen LogP) is 5.35. The van der Waals surface area contributed by atoms with E-state index < -0.39 is 8.80 Å². The van der Waals surface area contributed by atoms with Crippen LogP contribution in [0.4, 0.5) is 0 Å². The van der Waals surface area contributed by atoms with E-state index in [1.807, 2.05) is 19.1 Å². The van der Waals surface area contributed by atoms with Crippen molar-refractivity contribution in [1.82, 2.24) is 0 Å². The van der Waals surface area contributed by atoms with E-state index in [0.717, 1.165) is 5.54 Å². The van der Waals surface area contributed by atoms with E-state index in [-0.39, 0.29) is 21.7 Å². The Bertz CT molecular complexity index is 498. The van der Waals surface area contributed by atoms with E-state index in [0.29, 0.717) is 0 Å². The van der Waals surface area contributed by atoms with Gasteiger partial charge in [-0.05, 0) is 43.0 Å². The van der Waals surface area contributed by atoms with Gasteiger partial charge in [-0.15, -0.1) is 0 Å². The van der Waals surface area contributed by atoms with E-state index in [9.17, 15) is 0 Å². The molecule has 0 spiro atoms. The van der Waals surface area contributed by atoms with Crippen LogP contribution in [0.1, 0.15) is 37.4 Å². The van der Waals surface area contributed by atoms with Crippen LogP contribution in [-0.4, -0.2) is 8.80 Å². The second-order valence-corrected chi connectivity index (χ2v) is 8.53. The Morgan fingerprint density at radius 3 is 2.20 bits per heavy atom. The molecule has 0 saturated carbocycles. The summed E-state index contributed by atoms with van der Waals surface area (Å²) in [6.07, 6.45) is 5.58. The molecular weight excluding hydrogens is 292 g/mol. The molecule has 1 aromatic carbocycles. The molecule has 1 aliphatic carbocycles. The molecule has 2 heteroatoms. The molecule has 0 fully saturated rings. The molecule has 1 unspecified atom stereocenters. The minimum atomic E-state index is -0.614. The van der Waals surface area contributed by atoms with Crippen LogP contribution in [0.5, 0.6) is 0 Å². The standard InChI is InChI=1S/C13H18Si.C5H8.Ti/c1-9-10(2)13(14(3)4)12-8-6-5-7-11(9)12;1-3-5-4-2;/h5-8,13-14H,1-4H3;3-5H,1H2,2H3;. The van der Waals surface area contributed by atoms with E-state index in [4.69, 9.17) is 0 Å². The zero-order valence-electron chi connectivity index (χ0n) is 13.4. The number of hydrogen-bond acceptors (Lipinski definition) is 0. The fraction of sp³-hybridized carbons (Fsp3) is 0.333. The Morgan fingerprint density at radius 1 is 1.15 bits per heavy atom. The molecule has 2 rings (SSSR count). The summed E-state index contributed by atoms with van der Waals surface area (Å²) in [5.41, 5.74) is 7.01. The molecule has 0 N–H and O–H groups in total. The van der Waals surface area contributed by atoms with E-state index in [1.54, 1.807) is 17.2 Å². The first-order valence-corrected chi connectivity index (χ1v) is 10.0. The second-order valence-electron chi connectivity index (χ2n) is 5.38. The fourth-order valence-corrected chi connectivity index (χ4v) is 5.04. The van der Waals surface area contributed by atoms with Gasteiger partial charge in [-0.1, -0.05) is 67.7 Å². The number of rotatable bonds is 2. The third-order valence-electron chi connectivity index (χ3n) is 3.75. The van der Waals surface area contributed by atoms with Crippen LogP contribution in [0.2, 0.25) is 13.1 Å². The molecule has 0 aliphatic heterocycles. The number of hydrogen-bond donors (Lipinski definition) is 0. The van der Waals surface area contributed by atoms with Crippen LogP contribution in [0, 0.1) is 0 Å². The SMILES string of the molecule is C=CC=CC.CC1=C(C)C([SiH](C)C)c2ccccc21.[Ti]. The maximum atomic E-state index is 3.46. The van der Waals surface area contributed by atoms with Gasteiger partial charge in [-0.2, -0.15) is 0 Å². The summed E-state index contributed by atoms with van der Waals surface area (Å²) in [5.74, 6) is 0. The molecule has 1 aliphatic rings. The third kappa shape index (κ3) is 4.44. The fourth-order valence-electron chi connectivity index (χ4n) is 2.78. The number of benzene rings is 1. The van der Waals surface area contributed by atoms with E-state index in [2.05, 4.69) is 57.8 Å². The van der Waals surface area contributed by atoms with Gasteiger partial charge >= 0.3 is 0 Å². The first-order chi connectivity index (χ1) is 9.04. The minimum absolute atomic E-state index is 0. The summed E-state index contributed by atoms with van der Waals surface area (Å²) in [7, 11) is -0.614. The van der Waals surface area contributed by atoms with Crippen LogP contribution in [0.3, 0.4) is 0 Å². The monoisotopic (exact) mass is 318 g/mol. The van der Waals surface area contributed by atoms with Crippen molar-refractivity contribution in [3.63, 3.8) is 0 Å². The minimum Gasteiger partial charge on any atom is -0.0991 e. The Balaban J connectivity index is 0.000000526. The average molecular weight is 318 g/mol. The molecule has 0 nitrogen and oxygen atoms in total. The zero-order valence-corrected chi connectivity index (χ0v) is 16.1. The molecule has 0 amide bonds. The Labute approximate surface area is 141 Å². The van der Waals surface area contributed by atoms with Gasteiger partial charge in [0.15, 0.2) is 0 Å². The Morgan fingerprint density at radius 2 is 1.75 bits per heavy atom. The van der Waals surface area contributed by atoms with Crippen molar-refractivity contribution in [2.75, 3.05) is 0 Å². The summed E-state index contributed by atoms with van der Waals surface area (Å²) < 4.78 is 0. The van der Waals surface area contributed by atoms with Crippen molar-refractivity contribution in [1.29, 1.82) is 0 Å². The van der Waals surface area contributed by atoms with Crippen molar-refractivity contribution in [3.8, 4) is 0 Å². The van der Waals surface area contributed by atoms with Crippen LogP contribution in [-0.2, 0) is 21.7 Å².